The van der Waals surface area contributed by atoms with Gasteiger partial charge in [0.2, 0.25) is 0 Å². The van der Waals surface area contributed by atoms with Crippen molar-refractivity contribution in [2.45, 2.75) is 26.3 Å². The Labute approximate surface area is 89.1 Å². The monoisotopic (exact) mass is 205 g/mol. The first-order valence-corrected chi connectivity index (χ1v) is 5.14. The first kappa shape index (κ1) is 10.0. The van der Waals surface area contributed by atoms with Gasteiger partial charge < -0.3 is 10.4 Å². The van der Waals surface area contributed by atoms with Crippen LogP contribution in [0, 0.1) is 19.8 Å². The molecular weight excluding hydrogens is 190 g/mol. The second kappa shape index (κ2) is 3.57. The van der Waals surface area contributed by atoms with Crippen molar-refractivity contribution in [3.05, 3.63) is 29.3 Å². The molecule has 1 aliphatic rings. The molecule has 0 heterocycles. The van der Waals surface area contributed by atoms with Gasteiger partial charge in [-0.05, 0) is 43.5 Å². The summed E-state index contributed by atoms with van der Waals surface area (Å²) in [6.07, 6.45) is 0.738. The van der Waals surface area contributed by atoms with Crippen molar-refractivity contribution < 1.29 is 9.90 Å². The maximum atomic E-state index is 10.7. The summed E-state index contributed by atoms with van der Waals surface area (Å²) in [4.78, 5) is 10.7. The van der Waals surface area contributed by atoms with E-state index in [4.69, 9.17) is 5.11 Å². The molecule has 15 heavy (non-hydrogen) atoms. The third-order valence-corrected chi connectivity index (χ3v) is 2.68. The summed E-state index contributed by atoms with van der Waals surface area (Å²) in [5.41, 5.74) is 3.43. The lowest BCUT2D eigenvalue weighted by molar-refractivity contribution is -0.138. The average Bonchev–Trinajstić information content (AvgIpc) is 2.81. The molecular formula is C12H15NO2. The van der Waals surface area contributed by atoms with Crippen LogP contribution in [-0.4, -0.2) is 17.1 Å². The molecule has 0 aliphatic heterocycles. The standard InChI is InChI=1S/C12H15NO2/c1-7-3-8(2)5-9(4-7)13-11-6-10(11)12(14)15/h3-5,10-11,13H,6H2,1-2H3,(H,14,15). The number of carboxylic acid groups (broad SMARTS) is 1. The SMILES string of the molecule is Cc1cc(C)cc(NC2CC2C(=O)O)c1. The lowest BCUT2D eigenvalue weighted by Crippen LogP contribution is -2.10. The minimum atomic E-state index is -0.697. The summed E-state index contributed by atoms with van der Waals surface area (Å²) in [6.45, 7) is 4.08. The third-order valence-electron chi connectivity index (χ3n) is 2.68. The lowest BCUT2D eigenvalue weighted by atomic mass is 10.1. The topological polar surface area (TPSA) is 49.3 Å². The van der Waals surface area contributed by atoms with Gasteiger partial charge in [-0.25, -0.2) is 0 Å². The van der Waals surface area contributed by atoms with Gasteiger partial charge in [0.25, 0.3) is 0 Å². The van der Waals surface area contributed by atoms with Crippen molar-refractivity contribution in [1.29, 1.82) is 0 Å². The number of carbonyl (C=O) groups is 1. The van der Waals surface area contributed by atoms with Gasteiger partial charge in [-0.1, -0.05) is 6.07 Å². The molecule has 1 aliphatic carbocycles. The van der Waals surface area contributed by atoms with Crippen molar-refractivity contribution >= 4 is 11.7 Å². The van der Waals surface area contributed by atoms with Gasteiger partial charge in [0.1, 0.15) is 0 Å². The van der Waals surface area contributed by atoms with E-state index in [1.165, 1.54) is 11.1 Å². The fourth-order valence-electron chi connectivity index (χ4n) is 1.90. The number of hydrogen-bond acceptors (Lipinski definition) is 2. The normalized spacial score (nSPS) is 23.6. The van der Waals surface area contributed by atoms with E-state index in [-0.39, 0.29) is 12.0 Å². The van der Waals surface area contributed by atoms with Crippen LogP contribution in [-0.2, 0) is 4.79 Å². The zero-order valence-electron chi connectivity index (χ0n) is 8.95. The number of hydrogen-bond donors (Lipinski definition) is 2. The summed E-state index contributed by atoms with van der Waals surface area (Å²) in [5.74, 6) is -0.900. The number of nitrogens with one attached hydrogen (secondary N) is 1. The molecule has 0 saturated heterocycles. The van der Waals surface area contributed by atoms with Gasteiger partial charge in [-0.3, -0.25) is 4.79 Å². The number of rotatable bonds is 3. The molecule has 0 aromatic heterocycles. The molecule has 1 saturated carbocycles. The fraction of sp³-hybridized carbons (Fsp3) is 0.417. The van der Waals surface area contributed by atoms with E-state index in [1.807, 2.05) is 26.0 Å². The number of carboxylic acids is 1. The van der Waals surface area contributed by atoms with E-state index in [9.17, 15) is 4.79 Å². The Bertz CT molecular complexity index is 380. The smallest absolute Gasteiger partial charge is 0.308 e. The van der Waals surface area contributed by atoms with Crippen LogP contribution in [0.1, 0.15) is 17.5 Å². The molecule has 2 rings (SSSR count). The largest absolute Gasteiger partial charge is 0.481 e. The zero-order valence-corrected chi connectivity index (χ0v) is 8.95. The number of anilines is 1. The fourth-order valence-corrected chi connectivity index (χ4v) is 1.90. The van der Waals surface area contributed by atoms with Crippen LogP contribution in [0.25, 0.3) is 0 Å². The van der Waals surface area contributed by atoms with E-state index >= 15 is 0 Å². The summed E-state index contributed by atoms with van der Waals surface area (Å²) >= 11 is 0. The molecule has 2 atom stereocenters. The molecule has 80 valence electrons. The van der Waals surface area contributed by atoms with Gasteiger partial charge in [-0.15, -0.1) is 0 Å². The van der Waals surface area contributed by atoms with Gasteiger partial charge in [0.05, 0.1) is 5.92 Å². The van der Waals surface area contributed by atoms with Crippen LogP contribution in [0.3, 0.4) is 0 Å². The van der Waals surface area contributed by atoms with E-state index < -0.39 is 5.97 Å². The molecule has 1 aromatic carbocycles. The van der Waals surface area contributed by atoms with Crippen molar-refractivity contribution in [2.75, 3.05) is 5.32 Å². The Morgan fingerprint density at radius 3 is 2.40 bits per heavy atom. The van der Waals surface area contributed by atoms with Crippen LogP contribution in [0.5, 0.6) is 0 Å². The molecule has 0 spiro atoms. The minimum Gasteiger partial charge on any atom is -0.481 e. The van der Waals surface area contributed by atoms with E-state index in [0.29, 0.717) is 0 Å². The first-order valence-electron chi connectivity index (χ1n) is 5.14. The Kier molecular flexibility index (Phi) is 2.39. The molecule has 2 unspecified atom stereocenters. The third kappa shape index (κ3) is 2.29. The molecule has 0 bridgehead atoms. The summed E-state index contributed by atoms with van der Waals surface area (Å²) < 4.78 is 0. The quantitative estimate of drug-likeness (QED) is 0.795. The number of aryl methyl sites for hydroxylation is 2. The predicted octanol–water partition coefficient (Wildman–Crippen LogP) is 2.19. The van der Waals surface area contributed by atoms with Crippen molar-refractivity contribution in [1.82, 2.24) is 0 Å². The van der Waals surface area contributed by atoms with E-state index in [0.717, 1.165) is 12.1 Å². The second-order valence-corrected chi connectivity index (χ2v) is 4.31. The van der Waals surface area contributed by atoms with Gasteiger partial charge >= 0.3 is 5.97 Å². The molecule has 3 heteroatoms. The summed E-state index contributed by atoms with van der Waals surface area (Å²) in [6, 6.07) is 6.31. The highest BCUT2D eigenvalue weighted by Crippen LogP contribution is 2.34. The second-order valence-electron chi connectivity index (χ2n) is 4.31. The van der Waals surface area contributed by atoms with Crippen molar-refractivity contribution in [3.8, 4) is 0 Å². The number of benzene rings is 1. The van der Waals surface area contributed by atoms with Crippen LogP contribution in [0.2, 0.25) is 0 Å². The highest BCUT2D eigenvalue weighted by molar-refractivity contribution is 5.75. The summed E-state index contributed by atoms with van der Waals surface area (Å²) in [5, 5.41) is 12.0. The molecule has 1 fully saturated rings. The Hall–Kier alpha value is -1.51. The maximum Gasteiger partial charge on any atom is 0.308 e. The van der Waals surface area contributed by atoms with Crippen molar-refractivity contribution in [3.63, 3.8) is 0 Å². The first-order chi connectivity index (χ1) is 7.06. The van der Waals surface area contributed by atoms with Crippen molar-refractivity contribution in [2.24, 2.45) is 5.92 Å². The lowest BCUT2D eigenvalue weighted by Gasteiger charge is -2.07. The minimum absolute atomic E-state index is 0.115. The average molecular weight is 205 g/mol. The number of aliphatic carboxylic acids is 1. The van der Waals surface area contributed by atoms with Gasteiger partial charge in [-0.2, -0.15) is 0 Å². The Morgan fingerprint density at radius 1 is 1.33 bits per heavy atom. The van der Waals surface area contributed by atoms with Crippen LogP contribution in [0.4, 0.5) is 5.69 Å². The maximum absolute atomic E-state index is 10.7. The molecule has 0 radical (unpaired) electrons. The molecule has 3 nitrogen and oxygen atoms in total. The van der Waals surface area contributed by atoms with Gasteiger partial charge in [0, 0.05) is 11.7 Å². The predicted molar refractivity (Wildman–Crippen MR) is 59.1 cm³/mol. The highest BCUT2D eigenvalue weighted by Gasteiger charge is 2.43. The highest BCUT2D eigenvalue weighted by atomic mass is 16.4. The van der Waals surface area contributed by atoms with E-state index in [2.05, 4.69) is 11.4 Å². The van der Waals surface area contributed by atoms with Crippen LogP contribution < -0.4 is 5.32 Å². The van der Waals surface area contributed by atoms with E-state index in [1.54, 1.807) is 0 Å². The molecule has 0 amide bonds. The molecule has 2 N–H and O–H groups in total. The van der Waals surface area contributed by atoms with Gasteiger partial charge in [0.15, 0.2) is 0 Å². The Balaban J connectivity index is 2.03. The zero-order chi connectivity index (χ0) is 11.0. The van der Waals surface area contributed by atoms with Crippen LogP contribution in [0.15, 0.2) is 18.2 Å². The summed E-state index contributed by atoms with van der Waals surface area (Å²) in [7, 11) is 0. The van der Waals surface area contributed by atoms with Crippen LogP contribution >= 0.6 is 0 Å². The Morgan fingerprint density at radius 2 is 1.93 bits per heavy atom. The molecule has 1 aromatic rings.